The second-order valence-electron chi connectivity index (χ2n) is 4.38. The van der Waals surface area contributed by atoms with E-state index in [1.54, 1.807) is 11.3 Å². The number of morpholine rings is 1. The Bertz CT molecular complexity index is 378. The molecule has 1 fully saturated rings. The van der Waals surface area contributed by atoms with Crippen molar-refractivity contribution in [2.45, 2.75) is 33.0 Å². The molecule has 0 saturated carbocycles. The average Bonchev–Trinajstić information content (AvgIpc) is 2.62. The Kier molecular flexibility index (Phi) is 3.30. The molecule has 1 aromatic rings. The van der Waals surface area contributed by atoms with Gasteiger partial charge < -0.3 is 9.64 Å². The highest BCUT2D eigenvalue weighted by Crippen LogP contribution is 2.20. The topological polar surface area (TPSA) is 29.5 Å². The molecule has 16 heavy (non-hydrogen) atoms. The maximum atomic E-state index is 12.2. The van der Waals surface area contributed by atoms with E-state index in [2.05, 4.69) is 0 Å². The van der Waals surface area contributed by atoms with Crippen LogP contribution in [-0.4, -0.2) is 36.1 Å². The van der Waals surface area contributed by atoms with Crippen LogP contribution >= 0.6 is 11.3 Å². The first-order valence-corrected chi connectivity index (χ1v) is 6.39. The molecule has 1 aliphatic heterocycles. The fourth-order valence-electron chi connectivity index (χ4n) is 2.05. The van der Waals surface area contributed by atoms with Gasteiger partial charge in [-0.1, -0.05) is 0 Å². The van der Waals surface area contributed by atoms with Crippen LogP contribution in [-0.2, 0) is 4.74 Å². The Balaban J connectivity index is 2.09. The minimum Gasteiger partial charge on any atom is -0.372 e. The van der Waals surface area contributed by atoms with Crippen LogP contribution in [0.2, 0.25) is 0 Å². The van der Waals surface area contributed by atoms with E-state index in [9.17, 15) is 4.79 Å². The highest BCUT2D eigenvalue weighted by Gasteiger charge is 2.27. The predicted octanol–water partition coefficient (Wildman–Crippen LogP) is 2.31. The monoisotopic (exact) mass is 239 g/mol. The fraction of sp³-hybridized carbons (Fsp3) is 0.583. The molecule has 0 radical (unpaired) electrons. The lowest BCUT2D eigenvalue weighted by Crippen LogP contribution is -2.48. The lowest BCUT2D eigenvalue weighted by molar-refractivity contribution is -0.0585. The molecule has 1 amide bonds. The van der Waals surface area contributed by atoms with E-state index in [-0.39, 0.29) is 18.1 Å². The fourth-order valence-corrected chi connectivity index (χ4v) is 2.88. The zero-order valence-electron chi connectivity index (χ0n) is 9.90. The number of amides is 1. The number of carbonyl (C=O) groups excluding carboxylic acids is 1. The van der Waals surface area contributed by atoms with Crippen LogP contribution in [0, 0.1) is 6.92 Å². The molecule has 0 N–H and O–H groups in total. The van der Waals surface area contributed by atoms with Crippen LogP contribution in [0.25, 0.3) is 0 Å². The van der Waals surface area contributed by atoms with Gasteiger partial charge in [-0.2, -0.15) is 0 Å². The third kappa shape index (κ3) is 2.44. The van der Waals surface area contributed by atoms with Gasteiger partial charge in [0.05, 0.1) is 17.1 Å². The smallest absolute Gasteiger partial charge is 0.264 e. The van der Waals surface area contributed by atoms with E-state index in [4.69, 9.17) is 4.74 Å². The van der Waals surface area contributed by atoms with Crippen molar-refractivity contribution in [3.63, 3.8) is 0 Å². The van der Waals surface area contributed by atoms with Gasteiger partial charge in [-0.15, -0.1) is 11.3 Å². The Labute approximate surface area is 100 Å². The van der Waals surface area contributed by atoms with Crippen LogP contribution in [0.5, 0.6) is 0 Å². The Morgan fingerprint density at radius 1 is 1.38 bits per heavy atom. The van der Waals surface area contributed by atoms with E-state index < -0.39 is 0 Å². The zero-order chi connectivity index (χ0) is 11.7. The van der Waals surface area contributed by atoms with Crippen LogP contribution < -0.4 is 0 Å². The lowest BCUT2D eigenvalue weighted by Gasteiger charge is -2.35. The number of nitrogens with zero attached hydrogens (tertiary/aromatic N) is 1. The lowest BCUT2D eigenvalue weighted by atomic mass is 10.2. The summed E-state index contributed by atoms with van der Waals surface area (Å²) < 4.78 is 5.62. The highest BCUT2D eigenvalue weighted by atomic mass is 32.1. The molecular formula is C12H17NO2S. The Hall–Kier alpha value is -0.870. The summed E-state index contributed by atoms with van der Waals surface area (Å²) in [5, 5.41) is 0. The van der Waals surface area contributed by atoms with Gasteiger partial charge in [-0.3, -0.25) is 4.79 Å². The number of ether oxygens (including phenoxy) is 1. The molecule has 88 valence electrons. The Morgan fingerprint density at radius 2 is 2.00 bits per heavy atom. The number of carbonyl (C=O) groups is 1. The first kappa shape index (κ1) is 11.6. The van der Waals surface area contributed by atoms with Crippen LogP contribution in [0.3, 0.4) is 0 Å². The quantitative estimate of drug-likeness (QED) is 0.752. The van der Waals surface area contributed by atoms with E-state index >= 15 is 0 Å². The maximum absolute atomic E-state index is 12.2. The summed E-state index contributed by atoms with van der Waals surface area (Å²) in [6, 6.07) is 3.90. The first-order chi connectivity index (χ1) is 7.56. The van der Waals surface area contributed by atoms with Crippen LogP contribution in [0.15, 0.2) is 12.1 Å². The maximum Gasteiger partial charge on any atom is 0.264 e. The van der Waals surface area contributed by atoms with Crippen molar-refractivity contribution < 1.29 is 9.53 Å². The van der Waals surface area contributed by atoms with Gasteiger partial charge in [0.15, 0.2) is 0 Å². The molecule has 4 heteroatoms. The van der Waals surface area contributed by atoms with Crippen molar-refractivity contribution in [1.29, 1.82) is 0 Å². The molecule has 3 nitrogen and oxygen atoms in total. The third-order valence-corrected chi connectivity index (χ3v) is 3.65. The minimum atomic E-state index is 0.133. The van der Waals surface area contributed by atoms with Crippen molar-refractivity contribution in [2.24, 2.45) is 0 Å². The van der Waals surface area contributed by atoms with Gasteiger partial charge in [-0.05, 0) is 32.9 Å². The summed E-state index contributed by atoms with van der Waals surface area (Å²) in [7, 11) is 0. The molecule has 0 spiro atoms. The van der Waals surface area contributed by atoms with Crippen LogP contribution in [0.1, 0.15) is 28.4 Å². The van der Waals surface area contributed by atoms with Gasteiger partial charge in [0, 0.05) is 18.0 Å². The number of aryl methyl sites for hydroxylation is 1. The van der Waals surface area contributed by atoms with Gasteiger partial charge >= 0.3 is 0 Å². The van der Waals surface area contributed by atoms with Gasteiger partial charge in [0.25, 0.3) is 5.91 Å². The van der Waals surface area contributed by atoms with Gasteiger partial charge in [0.1, 0.15) is 0 Å². The summed E-state index contributed by atoms with van der Waals surface area (Å²) in [6.45, 7) is 7.43. The predicted molar refractivity (Wildman–Crippen MR) is 65.0 cm³/mol. The van der Waals surface area contributed by atoms with Crippen molar-refractivity contribution in [1.82, 2.24) is 4.90 Å². The molecule has 1 aromatic heterocycles. The molecule has 1 saturated heterocycles. The number of thiophene rings is 1. The molecule has 0 bridgehead atoms. The largest absolute Gasteiger partial charge is 0.372 e. The summed E-state index contributed by atoms with van der Waals surface area (Å²) in [5.41, 5.74) is 0. The van der Waals surface area contributed by atoms with Crippen molar-refractivity contribution in [3.05, 3.63) is 21.9 Å². The second kappa shape index (κ2) is 4.55. The number of hydrogen-bond acceptors (Lipinski definition) is 3. The summed E-state index contributed by atoms with van der Waals surface area (Å²) in [6.07, 6.45) is 0.266. The van der Waals surface area contributed by atoms with Gasteiger partial charge in [-0.25, -0.2) is 0 Å². The molecule has 0 aromatic carbocycles. The van der Waals surface area contributed by atoms with Crippen LogP contribution in [0.4, 0.5) is 0 Å². The van der Waals surface area contributed by atoms with E-state index in [0.29, 0.717) is 13.1 Å². The summed E-state index contributed by atoms with van der Waals surface area (Å²) in [5.74, 6) is 0.139. The normalized spacial score (nSPS) is 25.8. The van der Waals surface area contributed by atoms with Crippen molar-refractivity contribution in [3.8, 4) is 0 Å². The van der Waals surface area contributed by atoms with E-state index in [0.717, 1.165) is 4.88 Å². The van der Waals surface area contributed by atoms with Crippen molar-refractivity contribution in [2.75, 3.05) is 13.1 Å². The van der Waals surface area contributed by atoms with E-state index in [1.807, 2.05) is 37.8 Å². The standard InChI is InChI=1S/C12H17NO2S/c1-8-6-13(7-9(2)15-8)12(14)11-5-4-10(3)16-11/h4-5,8-9H,6-7H2,1-3H3/t8-,9+. The highest BCUT2D eigenvalue weighted by molar-refractivity contribution is 7.13. The third-order valence-electron chi connectivity index (χ3n) is 2.66. The number of hydrogen-bond donors (Lipinski definition) is 0. The minimum absolute atomic E-state index is 0.133. The molecule has 0 unspecified atom stereocenters. The first-order valence-electron chi connectivity index (χ1n) is 5.57. The zero-order valence-corrected chi connectivity index (χ0v) is 10.7. The van der Waals surface area contributed by atoms with Gasteiger partial charge in [0.2, 0.25) is 0 Å². The van der Waals surface area contributed by atoms with Crippen molar-refractivity contribution >= 4 is 17.2 Å². The summed E-state index contributed by atoms with van der Waals surface area (Å²) >= 11 is 1.56. The second-order valence-corrected chi connectivity index (χ2v) is 5.67. The molecule has 2 rings (SSSR count). The average molecular weight is 239 g/mol. The summed E-state index contributed by atoms with van der Waals surface area (Å²) in [4.78, 5) is 16.1. The Morgan fingerprint density at radius 3 is 2.50 bits per heavy atom. The molecular weight excluding hydrogens is 222 g/mol. The molecule has 1 aliphatic rings. The molecule has 2 atom stereocenters. The molecule has 0 aliphatic carbocycles. The number of rotatable bonds is 1. The SMILES string of the molecule is Cc1ccc(C(=O)N2C[C@@H](C)O[C@@H](C)C2)s1. The van der Waals surface area contributed by atoms with E-state index in [1.165, 1.54) is 4.88 Å². The molecule has 2 heterocycles.